The van der Waals surface area contributed by atoms with E-state index >= 15 is 0 Å². The highest BCUT2D eigenvalue weighted by atomic mass is 16.2. The van der Waals surface area contributed by atoms with Crippen molar-refractivity contribution in [3.8, 4) is 33.8 Å². The van der Waals surface area contributed by atoms with Crippen molar-refractivity contribution in [1.29, 1.82) is 0 Å². The standard InChI is InChI=1S/C27H28N6O.C26H26N6O.C26H25N5O/c1-31(2)19-8-10-20(11-9-19)33-26-24(32(3)27(33)34)16-29-23-13-12-22(30-25(23)26)18-14-17-6-4-5-7-21(17)28-15-18;1-27-18-7-9-19(10-8-18)32-25-23(31(2)26(32)33)15-29-22-12-11-21(30-24(22)25)17-13-16-5-3-4-6-20(16)28-14-17;1-2-16-7-9-19(10-8-16)31-25-23(30-26(31)32)15-28-22-12-11-21(29-24(22)25)18-13-17-5-3-4-6-20(17)27-14-18/h4-7,12-16,19-20H,8-11H2,1-3H3;3-6,11-15,18-19,27H,7-10H2,1-2H3;3-6,11-16,19H,2,7-10H2,1H3,(H,30,32). The number of aromatic amines is 1. The molecule has 2 N–H and O–H groups in total. The first-order chi connectivity index (χ1) is 48.4. The molecule has 3 aliphatic carbocycles. The van der Waals surface area contributed by atoms with Crippen LogP contribution in [0.15, 0.2) is 179 Å². The Balaban J connectivity index is 0.000000116. The topological polar surface area (TPSA) is 223 Å². The third kappa shape index (κ3) is 11.7. The highest BCUT2D eigenvalue weighted by Crippen LogP contribution is 2.39. The number of nitrogens with zero attached hydrogens (tertiary/aromatic N) is 15. The van der Waals surface area contributed by atoms with E-state index < -0.39 is 0 Å². The molecule has 20 nitrogen and oxygen atoms in total. The highest BCUT2D eigenvalue weighted by Gasteiger charge is 2.31. The molecule has 0 bridgehead atoms. The Morgan fingerprint density at radius 3 is 1.25 bits per heavy atom. The highest BCUT2D eigenvalue weighted by molar-refractivity contribution is 6.03. The largest absolute Gasteiger partial charge is 0.329 e. The van der Waals surface area contributed by atoms with Gasteiger partial charge in [-0.2, -0.15) is 0 Å². The summed E-state index contributed by atoms with van der Waals surface area (Å²) in [5.41, 5.74) is 17.9. The normalized spacial score (nSPS) is 19.0. The molecule has 12 heterocycles. The number of para-hydroxylation sites is 3. The number of hydrogen-bond donors (Lipinski definition) is 2. The Morgan fingerprint density at radius 1 is 0.444 bits per heavy atom. The van der Waals surface area contributed by atoms with E-state index in [0.29, 0.717) is 12.1 Å². The van der Waals surface area contributed by atoms with Crippen LogP contribution in [0.3, 0.4) is 0 Å². The number of rotatable bonds is 9. The van der Waals surface area contributed by atoms with Gasteiger partial charge in [0.05, 0.1) is 102 Å². The maximum Gasteiger partial charge on any atom is 0.329 e. The van der Waals surface area contributed by atoms with Crippen molar-refractivity contribution in [2.75, 3.05) is 21.1 Å². The quantitative estimate of drug-likeness (QED) is 0.137. The number of benzene rings is 3. The molecule has 18 rings (SSSR count). The molecule has 3 aromatic carbocycles. The first kappa shape index (κ1) is 63.1. The summed E-state index contributed by atoms with van der Waals surface area (Å²) in [5, 5.41) is 6.61. The van der Waals surface area contributed by atoms with Crippen molar-refractivity contribution >= 4 is 98.9 Å². The molecule has 498 valence electrons. The summed E-state index contributed by atoms with van der Waals surface area (Å²) in [6.07, 6.45) is 24.8. The summed E-state index contributed by atoms with van der Waals surface area (Å²) in [7, 11) is 9.95. The minimum absolute atomic E-state index is 0.00628. The number of H-pyrrole nitrogens is 1. The van der Waals surface area contributed by atoms with Gasteiger partial charge in [0.1, 0.15) is 16.6 Å². The summed E-state index contributed by atoms with van der Waals surface area (Å²) >= 11 is 0. The van der Waals surface area contributed by atoms with Crippen molar-refractivity contribution in [1.82, 2.24) is 82.9 Å². The minimum atomic E-state index is -0.0613. The van der Waals surface area contributed by atoms with E-state index in [1.54, 1.807) is 27.7 Å². The van der Waals surface area contributed by atoms with Crippen LogP contribution < -0.4 is 22.4 Å². The fourth-order valence-corrected chi connectivity index (χ4v) is 15.8. The molecule has 0 spiro atoms. The molecule has 3 saturated carbocycles. The van der Waals surface area contributed by atoms with E-state index in [9.17, 15) is 14.4 Å². The van der Waals surface area contributed by atoms with Gasteiger partial charge >= 0.3 is 17.1 Å². The monoisotopic (exact) mass is 1310 g/mol. The third-order valence-electron chi connectivity index (χ3n) is 21.6. The van der Waals surface area contributed by atoms with Gasteiger partial charge in [0.25, 0.3) is 0 Å². The fourth-order valence-electron chi connectivity index (χ4n) is 15.8. The maximum atomic E-state index is 13.4. The zero-order valence-electron chi connectivity index (χ0n) is 56.7. The number of fused-ring (bicyclic) bond motifs is 12. The van der Waals surface area contributed by atoms with Gasteiger partial charge in [-0.3, -0.25) is 52.7 Å². The van der Waals surface area contributed by atoms with Crippen LogP contribution in [0.25, 0.3) is 133 Å². The number of hydrogen-bond acceptors (Lipinski definition) is 14. The van der Waals surface area contributed by atoms with Crippen molar-refractivity contribution in [3.63, 3.8) is 0 Å². The first-order valence-corrected chi connectivity index (χ1v) is 34.9. The van der Waals surface area contributed by atoms with Gasteiger partial charge in [0.15, 0.2) is 0 Å². The van der Waals surface area contributed by atoms with Crippen molar-refractivity contribution < 1.29 is 0 Å². The molecule has 99 heavy (non-hydrogen) atoms. The van der Waals surface area contributed by atoms with Gasteiger partial charge < -0.3 is 15.2 Å². The molecule has 0 aliphatic heterocycles. The Morgan fingerprint density at radius 2 is 0.828 bits per heavy atom. The predicted molar refractivity (Wildman–Crippen MR) is 395 cm³/mol. The SMILES string of the molecule is CCC1CCC(n2c(=O)[nH]c3cnc4ccc(-c5cnc6ccccc6c5)nc4c32)CC1.CN(C)C1CCC(n2c(=O)n(C)c3cnc4ccc(-c5cnc6ccccc6c5)nc4c32)CC1.CNC1CCC(n2c(=O)n(C)c3cnc4ccc(-c5cnc6ccccc6c5)nc4c32)CC1. The van der Waals surface area contributed by atoms with Crippen LogP contribution in [0.1, 0.15) is 109 Å². The van der Waals surface area contributed by atoms with Crippen LogP contribution in [0.2, 0.25) is 0 Å². The zero-order chi connectivity index (χ0) is 67.6. The number of nitrogens with one attached hydrogen (secondary N) is 2. The summed E-state index contributed by atoms with van der Waals surface area (Å²) in [4.78, 5) is 87.7. The molecular weight excluding hydrogens is 1230 g/mol. The van der Waals surface area contributed by atoms with Crippen LogP contribution in [0, 0.1) is 5.92 Å². The van der Waals surface area contributed by atoms with E-state index in [4.69, 9.17) is 15.0 Å². The zero-order valence-corrected chi connectivity index (χ0v) is 56.7. The number of aromatic nitrogens is 15. The van der Waals surface area contributed by atoms with Gasteiger partial charge in [-0.15, -0.1) is 0 Å². The Kier molecular flexibility index (Phi) is 16.7. The lowest BCUT2D eigenvalue weighted by atomic mass is 9.84. The van der Waals surface area contributed by atoms with E-state index in [2.05, 4.69) is 103 Å². The smallest absolute Gasteiger partial charge is 0.317 e. The lowest BCUT2D eigenvalue weighted by molar-refractivity contribution is 0.195. The molecule has 15 aromatic rings. The van der Waals surface area contributed by atoms with Crippen LogP contribution >= 0.6 is 0 Å². The average Bonchev–Trinajstić information content (AvgIpc) is 1.63. The third-order valence-corrected chi connectivity index (χ3v) is 21.6. The second-order valence-electron chi connectivity index (χ2n) is 27.5. The van der Waals surface area contributed by atoms with Gasteiger partial charge in [0.2, 0.25) is 0 Å². The fraction of sp³-hybridized carbons (Fsp3) is 0.316. The minimum Gasteiger partial charge on any atom is -0.317 e. The first-order valence-electron chi connectivity index (χ1n) is 34.9. The summed E-state index contributed by atoms with van der Waals surface area (Å²) in [6, 6.07) is 44.1. The van der Waals surface area contributed by atoms with Crippen molar-refractivity contribution in [2.45, 2.75) is 121 Å². The molecule has 3 fully saturated rings. The van der Waals surface area contributed by atoms with E-state index in [1.165, 1.54) is 19.3 Å². The predicted octanol–water partition coefficient (Wildman–Crippen LogP) is 14.4. The lowest BCUT2D eigenvalue weighted by Crippen LogP contribution is -2.35. The summed E-state index contributed by atoms with van der Waals surface area (Å²) in [5.74, 6) is 0.774. The van der Waals surface area contributed by atoms with Gasteiger partial charge in [-0.05, 0) is 177 Å². The van der Waals surface area contributed by atoms with Crippen molar-refractivity contribution in [3.05, 3.63) is 196 Å². The molecule has 12 aromatic heterocycles. The van der Waals surface area contributed by atoms with Crippen LogP contribution in [-0.4, -0.2) is 111 Å². The molecule has 0 atom stereocenters. The van der Waals surface area contributed by atoms with Gasteiger partial charge in [-0.25, -0.2) is 29.3 Å². The van der Waals surface area contributed by atoms with Crippen molar-refractivity contribution in [2.24, 2.45) is 20.0 Å². The molecule has 0 radical (unpaired) electrons. The Hall–Kier alpha value is -10.7. The van der Waals surface area contributed by atoms with Gasteiger partial charge in [0, 0.05) is 95.7 Å². The maximum absolute atomic E-state index is 13.4. The summed E-state index contributed by atoms with van der Waals surface area (Å²) < 4.78 is 9.32. The molecule has 0 saturated heterocycles. The average molecular weight is 1310 g/mol. The van der Waals surface area contributed by atoms with E-state index in [1.807, 2.05) is 144 Å². The number of aryl methyl sites for hydroxylation is 2. The second-order valence-corrected chi connectivity index (χ2v) is 27.5. The van der Waals surface area contributed by atoms with Crippen LogP contribution in [0.4, 0.5) is 0 Å². The van der Waals surface area contributed by atoms with E-state index in [-0.39, 0.29) is 35.2 Å². The number of pyridine rings is 9. The molecular formula is C79H79N17O3. The molecule has 20 heteroatoms. The Labute approximate surface area is 570 Å². The van der Waals surface area contributed by atoms with Gasteiger partial charge in [-0.1, -0.05) is 67.9 Å². The second kappa shape index (κ2) is 26.3. The van der Waals surface area contributed by atoms with E-state index in [0.717, 1.165) is 203 Å². The Bertz CT molecular complexity index is 5780. The summed E-state index contributed by atoms with van der Waals surface area (Å²) in [6.45, 7) is 2.26. The molecule has 3 aliphatic rings. The molecule has 0 unspecified atom stereocenters. The molecule has 0 amide bonds. The number of imidazole rings is 3. The van der Waals surface area contributed by atoms with Crippen LogP contribution in [0.5, 0.6) is 0 Å². The lowest BCUT2D eigenvalue weighted by Gasteiger charge is -2.33. The van der Waals surface area contributed by atoms with Crippen LogP contribution in [-0.2, 0) is 14.1 Å².